The van der Waals surface area contributed by atoms with E-state index in [1.165, 1.54) is 6.07 Å². The van der Waals surface area contributed by atoms with Gasteiger partial charge in [-0.2, -0.15) is 0 Å². The Kier molecular flexibility index (Phi) is 2.37. The minimum Gasteiger partial charge on any atom is -0.314 e. The Balaban J connectivity index is 2.31. The molecule has 0 N–H and O–H groups in total. The maximum absolute atomic E-state index is 13.7. The molecule has 0 spiro atoms. The first-order chi connectivity index (χ1) is 8.25. The number of hydrogen-bond donors (Lipinski definition) is 0. The molecule has 84 valence electrons. The molecule has 0 aliphatic rings. The normalized spacial score (nSPS) is 10.9. The summed E-state index contributed by atoms with van der Waals surface area (Å²) in [6.45, 7) is 0. The van der Waals surface area contributed by atoms with Crippen molar-refractivity contribution < 1.29 is 4.39 Å². The van der Waals surface area contributed by atoms with Crippen LogP contribution < -0.4 is 0 Å². The molecule has 1 heterocycles. The summed E-state index contributed by atoms with van der Waals surface area (Å²) < 4.78 is 15.5. The Morgan fingerprint density at radius 2 is 1.82 bits per heavy atom. The van der Waals surface area contributed by atoms with E-state index < -0.39 is 0 Å². The Bertz CT molecular complexity index is 688. The number of aromatic nitrogens is 1. The SMILES string of the molecule is Fc1ccccc1-n1ccc2ccc(Cl)cc21. The number of halogens is 2. The molecule has 17 heavy (non-hydrogen) atoms. The summed E-state index contributed by atoms with van der Waals surface area (Å²) in [6.07, 6.45) is 1.85. The molecular weight excluding hydrogens is 237 g/mol. The smallest absolute Gasteiger partial charge is 0.147 e. The van der Waals surface area contributed by atoms with E-state index in [1.54, 1.807) is 16.7 Å². The molecule has 2 aromatic carbocycles. The standard InChI is InChI=1S/C14H9ClFN/c15-11-6-5-10-7-8-17(14(10)9-11)13-4-2-1-3-12(13)16/h1-9H. The van der Waals surface area contributed by atoms with E-state index in [-0.39, 0.29) is 5.82 Å². The summed E-state index contributed by atoms with van der Waals surface area (Å²) in [5.41, 5.74) is 1.44. The van der Waals surface area contributed by atoms with Crippen molar-refractivity contribution in [1.29, 1.82) is 0 Å². The summed E-state index contributed by atoms with van der Waals surface area (Å²) in [5.74, 6) is -0.245. The molecule has 0 unspecified atom stereocenters. The Morgan fingerprint density at radius 3 is 2.65 bits per heavy atom. The maximum atomic E-state index is 13.7. The lowest BCUT2D eigenvalue weighted by Crippen LogP contribution is -1.95. The van der Waals surface area contributed by atoms with E-state index in [0.29, 0.717) is 10.7 Å². The molecule has 0 bridgehead atoms. The van der Waals surface area contributed by atoms with Gasteiger partial charge in [-0.15, -0.1) is 0 Å². The van der Waals surface area contributed by atoms with Crippen LogP contribution in [0, 0.1) is 5.82 Å². The summed E-state index contributed by atoms with van der Waals surface area (Å²) in [5, 5.41) is 1.69. The van der Waals surface area contributed by atoms with Gasteiger partial charge in [0.1, 0.15) is 5.82 Å². The van der Waals surface area contributed by atoms with Crippen LogP contribution in [0.3, 0.4) is 0 Å². The number of benzene rings is 2. The van der Waals surface area contributed by atoms with Gasteiger partial charge in [-0.25, -0.2) is 4.39 Å². The van der Waals surface area contributed by atoms with Crippen LogP contribution >= 0.6 is 11.6 Å². The van der Waals surface area contributed by atoms with Gasteiger partial charge in [0.05, 0.1) is 11.2 Å². The second-order valence-corrected chi connectivity index (χ2v) is 4.28. The van der Waals surface area contributed by atoms with Crippen LogP contribution in [0.1, 0.15) is 0 Å². The third kappa shape index (κ3) is 1.71. The fraction of sp³-hybridized carbons (Fsp3) is 0. The van der Waals surface area contributed by atoms with Gasteiger partial charge in [0.2, 0.25) is 0 Å². The molecule has 1 nitrogen and oxygen atoms in total. The van der Waals surface area contributed by atoms with E-state index in [0.717, 1.165) is 10.9 Å². The number of rotatable bonds is 1. The van der Waals surface area contributed by atoms with Crippen molar-refractivity contribution in [1.82, 2.24) is 4.57 Å². The molecule has 0 amide bonds. The first-order valence-corrected chi connectivity index (χ1v) is 5.65. The van der Waals surface area contributed by atoms with Crippen LogP contribution in [0.4, 0.5) is 4.39 Å². The van der Waals surface area contributed by atoms with E-state index in [4.69, 9.17) is 11.6 Å². The molecule has 0 saturated carbocycles. The number of nitrogens with zero attached hydrogens (tertiary/aromatic N) is 1. The Labute approximate surface area is 103 Å². The van der Waals surface area contributed by atoms with Crippen LogP contribution in [0.5, 0.6) is 0 Å². The van der Waals surface area contributed by atoms with Crippen molar-refractivity contribution >= 4 is 22.5 Å². The predicted octanol–water partition coefficient (Wildman–Crippen LogP) is 4.42. The molecule has 3 rings (SSSR count). The van der Waals surface area contributed by atoms with Gasteiger partial charge in [-0.05, 0) is 30.3 Å². The van der Waals surface area contributed by atoms with Crippen LogP contribution in [-0.2, 0) is 0 Å². The zero-order chi connectivity index (χ0) is 11.8. The molecule has 0 radical (unpaired) electrons. The van der Waals surface area contributed by atoms with Gasteiger partial charge in [-0.1, -0.05) is 29.8 Å². The van der Waals surface area contributed by atoms with Crippen LogP contribution in [0.2, 0.25) is 5.02 Å². The van der Waals surface area contributed by atoms with E-state index in [2.05, 4.69) is 0 Å². The highest BCUT2D eigenvalue weighted by molar-refractivity contribution is 6.31. The largest absolute Gasteiger partial charge is 0.314 e. The minimum atomic E-state index is -0.245. The highest BCUT2D eigenvalue weighted by Crippen LogP contribution is 2.24. The molecule has 0 aliphatic carbocycles. The Hall–Kier alpha value is -1.80. The second kappa shape index (κ2) is 3.90. The quantitative estimate of drug-likeness (QED) is 0.598. The molecular formula is C14H9ClFN. The highest BCUT2D eigenvalue weighted by atomic mass is 35.5. The second-order valence-electron chi connectivity index (χ2n) is 3.84. The molecule has 0 saturated heterocycles. The van der Waals surface area contributed by atoms with Crippen molar-refractivity contribution in [2.75, 3.05) is 0 Å². The van der Waals surface area contributed by atoms with Crippen LogP contribution in [0.25, 0.3) is 16.6 Å². The summed E-state index contributed by atoms with van der Waals surface area (Å²) in [4.78, 5) is 0. The van der Waals surface area contributed by atoms with Gasteiger partial charge in [0.15, 0.2) is 0 Å². The van der Waals surface area contributed by atoms with E-state index in [1.807, 2.05) is 36.5 Å². The van der Waals surface area contributed by atoms with E-state index in [9.17, 15) is 4.39 Å². The molecule has 3 heteroatoms. The topological polar surface area (TPSA) is 4.93 Å². The lowest BCUT2D eigenvalue weighted by Gasteiger charge is -2.06. The third-order valence-corrected chi connectivity index (χ3v) is 3.00. The molecule has 0 atom stereocenters. The van der Waals surface area contributed by atoms with Crippen molar-refractivity contribution in [3.8, 4) is 5.69 Å². The van der Waals surface area contributed by atoms with Crippen LogP contribution in [0.15, 0.2) is 54.7 Å². The fourth-order valence-corrected chi connectivity index (χ4v) is 2.13. The van der Waals surface area contributed by atoms with Crippen molar-refractivity contribution in [3.05, 3.63) is 65.6 Å². The number of hydrogen-bond acceptors (Lipinski definition) is 0. The van der Waals surface area contributed by atoms with E-state index >= 15 is 0 Å². The van der Waals surface area contributed by atoms with Gasteiger partial charge in [-0.3, -0.25) is 0 Å². The third-order valence-electron chi connectivity index (χ3n) is 2.77. The zero-order valence-electron chi connectivity index (χ0n) is 8.90. The number of fused-ring (bicyclic) bond motifs is 1. The molecule has 0 fully saturated rings. The van der Waals surface area contributed by atoms with Gasteiger partial charge < -0.3 is 4.57 Å². The number of para-hydroxylation sites is 1. The highest BCUT2D eigenvalue weighted by Gasteiger charge is 2.07. The monoisotopic (exact) mass is 245 g/mol. The zero-order valence-corrected chi connectivity index (χ0v) is 9.66. The van der Waals surface area contributed by atoms with Gasteiger partial charge in [0, 0.05) is 16.6 Å². The molecule has 3 aromatic rings. The lowest BCUT2D eigenvalue weighted by molar-refractivity contribution is 0.620. The summed E-state index contributed by atoms with van der Waals surface area (Å²) in [6, 6.07) is 14.2. The van der Waals surface area contributed by atoms with Gasteiger partial charge >= 0.3 is 0 Å². The average molecular weight is 246 g/mol. The maximum Gasteiger partial charge on any atom is 0.147 e. The van der Waals surface area contributed by atoms with Crippen molar-refractivity contribution in [2.45, 2.75) is 0 Å². The predicted molar refractivity (Wildman–Crippen MR) is 68.2 cm³/mol. The summed E-state index contributed by atoms with van der Waals surface area (Å²) in [7, 11) is 0. The molecule has 0 aliphatic heterocycles. The average Bonchev–Trinajstić information content (AvgIpc) is 2.72. The van der Waals surface area contributed by atoms with Crippen molar-refractivity contribution in [3.63, 3.8) is 0 Å². The van der Waals surface area contributed by atoms with Crippen LogP contribution in [-0.4, -0.2) is 4.57 Å². The first kappa shape index (κ1) is 10.4. The first-order valence-electron chi connectivity index (χ1n) is 5.27. The summed E-state index contributed by atoms with van der Waals surface area (Å²) >= 11 is 5.97. The lowest BCUT2D eigenvalue weighted by atomic mass is 10.2. The molecule has 1 aromatic heterocycles. The van der Waals surface area contributed by atoms with Gasteiger partial charge in [0.25, 0.3) is 0 Å². The fourth-order valence-electron chi connectivity index (χ4n) is 1.96. The van der Waals surface area contributed by atoms with Crippen molar-refractivity contribution in [2.24, 2.45) is 0 Å². The minimum absolute atomic E-state index is 0.245. The Morgan fingerprint density at radius 1 is 1.00 bits per heavy atom.